The molecule has 1 fully saturated rings. The minimum atomic E-state index is -0.119. The molecule has 88 valence electrons. The molecule has 1 aliphatic rings. The van der Waals surface area contributed by atoms with Gasteiger partial charge in [0.05, 0.1) is 13.2 Å². The number of hydrogen-bond donors (Lipinski definition) is 0. The molecule has 0 atom stereocenters. The molecular weight excluding hydrogens is 329 g/mol. The van der Waals surface area contributed by atoms with Gasteiger partial charge < -0.3 is 9.64 Å². The maximum atomic E-state index is 11.7. The average Bonchev–Trinajstić information content (AvgIpc) is 2.39. The molecule has 1 aromatic carbocycles. The molecule has 1 amide bonds. The molecule has 0 spiro atoms. The van der Waals surface area contributed by atoms with Gasteiger partial charge in [-0.05, 0) is 46.9 Å². The summed E-state index contributed by atoms with van der Waals surface area (Å²) in [6.45, 7) is 2.49. The van der Waals surface area contributed by atoms with E-state index in [0.29, 0.717) is 26.3 Å². The zero-order valence-electron chi connectivity index (χ0n) is 9.28. The van der Waals surface area contributed by atoms with E-state index in [-0.39, 0.29) is 5.91 Å². The number of hydrogen-bond acceptors (Lipinski definition) is 2. The van der Waals surface area contributed by atoms with Crippen LogP contribution in [0, 0.1) is 15.4 Å². The maximum absolute atomic E-state index is 11.7. The van der Waals surface area contributed by atoms with Crippen molar-refractivity contribution in [2.45, 2.75) is 0 Å². The molecule has 4 heteroatoms. The molecule has 17 heavy (non-hydrogen) atoms. The zero-order chi connectivity index (χ0) is 12.1. The van der Waals surface area contributed by atoms with E-state index >= 15 is 0 Å². The van der Waals surface area contributed by atoms with Crippen molar-refractivity contribution in [3.8, 4) is 11.8 Å². The van der Waals surface area contributed by atoms with E-state index in [1.807, 2.05) is 24.3 Å². The fraction of sp³-hybridized carbons (Fsp3) is 0.308. The highest BCUT2D eigenvalue weighted by Gasteiger charge is 2.14. The van der Waals surface area contributed by atoms with Crippen LogP contribution in [-0.4, -0.2) is 37.1 Å². The number of rotatable bonds is 0. The third kappa shape index (κ3) is 3.72. The lowest BCUT2D eigenvalue weighted by Crippen LogP contribution is -2.40. The molecule has 3 nitrogen and oxygen atoms in total. The van der Waals surface area contributed by atoms with E-state index in [0.717, 1.165) is 9.13 Å². The van der Waals surface area contributed by atoms with Crippen molar-refractivity contribution >= 4 is 28.5 Å². The second-order valence-electron chi connectivity index (χ2n) is 3.66. The van der Waals surface area contributed by atoms with Crippen LogP contribution in [0.2, 0.25) is 0 Å². The molecule has 1 aliphatic heterocycles. The van der Waals surface area contributed by atoms with Gasteiger partial charge in [0, 0.05) is 28.1 Å². The van der Waals surface area contributed by atoms with Crippen molar-refractivity contribution in [2.75, 3.05) is 26.3 Å². The fourth-order valence-electron chi connectivity index (χ4n) is 1.50. The van der Waals surface area contributed by atoms with Crippen LogP contribution in [0.1, 0.15) is 5.56 Å². The Kier molecular flexibility index (Phi) is 4.40. The van der Waals surface area contributed by atoms with Crippen molar-refractivity contribution in [1.82, 2.24) is 4.90 Å². The summed E-state index contributed by atoms with van der Waals surface area (Å²) in [4.78, 5) is 13.5. The van der Waals surface area contributed by atoms with Crippen LogP contribution in [0.25, 0.3) is 0 Å². The smallest absolute Gasteiger partial charge is 0.298 e. The van der Waals surface area contributed by atoms with Crippen molar-refractivity contribution in [2.24, 2.45) is 0 Å². The lowest BCUT2D eigenvalue weighted by Gasteiger charge is -2.24. The van der Waals surface area contributed by atoms with Crippen LogP contribution >= 0.6 is 22.6 Å². The van der Waals surface area contributed by atoms with Gasteiger partial charge in [0.15, 0.2) is 0 Å². The molecule has 0 radical (unpaired) electrons. The van der Waals surface area contributed by atoms with E-state index in [2.05, 4.69) is 34.4 Å². The first kappa shape index (κ1) is 12.4. The van der Waals surface area contributed by atoms with Gasteiger partial charge >= 0.3 is 0 Å². The van der Waals surface area contributed by atoms with Gasteiger partial charge in [-0.1, -0.05) is 5.92 Å². The standard InChI is InChI=1S/C13H12INO2/c14-12-4-1-11(2-5-12)3-6-13(16)15-7-9-17-10-8-15/h1-2,4-5H,7-10H2. The fourth-order valence-corrected chi connectivity index (χ4v) is 1.86. The third-order valence-electron chi connectivity index (χ3n) is 2.46. The predicted octanol–water partition coefficient (Wildman–Crippen LogP) is 1.50. The number of ether oxygens (including phenoxy) is 1. The molecule has 1 aromatic rings. The summed E-state index contributed by atoms with van der Waals surface area (Å²) in [6.07, 6.45) is 0. The van der Waals surface area contributed by atoms with E-state index in [1.165, 1.54) is 0 Å². The van der Waals surface area contributed by atoms with Gasteiger partial charge in [0.1, 0.15) is 0 Å². The average molecular weight is 341 g/mol. The van der Waals surface area contributed by atoms with Crippen molar-refractivity contribution < 1.29 is 9.53 Å². The van der Waals surface area contributed by atoms with Crippen molar-refractivity contribution in [3.63, 3.8) is 0 Å². The monoisotopic (exact) mass is 341 g/mol. The van der Waals surface area contributed by atoms with Crippen LogP contribution < -0.4 is 0 Å². The zero-order valence-corrected chi connectivity index (χ0v) is 11.4. The number of amides is 1. The summed E-state index contributed by atoms with van der Waals surface area (Å²) in [6, 6.07) is 7.79. The summed E-state index contributed by atoms with van der Waals surface area (Å²) < 4.78 is 6.34. The summed E-state index contributed by atoms with van der Waals surface area (Å²) in [7, 11) is 0. The lowest BCUT2D eigenvalue weighted by molar-refractivity contribution is -0.129. The van der Waals surface area contributed by atoms with Crippen LogP contribution in [0.4, 0.5) is 0 Å². The van der Waals surface area contributed by atoms with Crippen LogP contribution in [0.15, 0.2) is 24.3 Å². The molecular formula is C13H12INO2. The SMILES string of the molecule is O=C(C#Cc1ccc(I)cc1)N1CCOCC1. The second kappa shape index (κ2) is 6.03. The number of morpholine rings is 1. The Labute approximate surface area is 114 Å². The second-order valence-corrected chi connectivity index (χ2v) is 4.91. The third-order valence-corrected chi connectivity index (χ3v) is 3.18. The number of benzene rings is 1. The van der Waals surface area contributed by atoms with Gasteiger partial charge in [-0.25, -0.2) is 0 Å². The molecule has 0 aliphatic carbocycles. The molecule has 0 bridgehead atoms. The Bertz CT molecular complexity index is 453. The summed E-state index contributed by atoms with van der Waals surface area (Å²) >= 11 is 2.24. The number of carbonyl (C=O) groups excluding carboxylic acids is 1. The van der Waals surface area contributed by atoms with Crippen molar-refractivity contribution in [1.29, 1.82) is 0 Å². The Morgan fingerprint density at radius 2 is 1.88 bits per heavy atom. The normalized spacial score (nSPS) is 15.0. The molecule has 1 saturated heterocycles. The minimum Gasteiger partial charge on any atom is -0.378 e. The van der Waals surface area contributed by atoms with E-state index in [4.69, 9.17) is 4.74 Å². The first-order valence-electron chi connectivity index (χ1n) is 5.40. The molecule has 0 saturated carbocycles. The van der Waals surface area contributed by atoms with Gasteiger partial charge in [0.2, 0.25) is 0 Å². The number of nitrogens with zero attached hydrogens (tertiary/aromatic N) is 1. The van der Waals surface area contributed by atoms with Gasteiger partial charge in [0.25, 0.3) is 5.91 Å². The van der Waals surface area contributed by atoms with E-state index in [9.17, 15) is 4.79 Å². The minimum absolute atomic E-state index is 0.119. The van der Waals surface area contributed by atoms with Gasteiger partial charge in [-0.3, -0.25) is 4.79 Å². The van der Waals surface area contributed by atoms with Crippen LogP contribution in [0.3, 0.4) is 0 Å². The lowest BCUT2D eigenvalue weighted by atomic mass is 10.2. The van der Waals surface area contributed by atoms with Crippen LogP contribution in [0.5, 0.6) is 0 Å². The highest BCUT2D eigenvalue weighted by Crippen LogP contribution is 2.05. The van der Waals surface area contributed by atoms with E-state index < -0.39 is 0 Å². The van der Waals surface area contributed by atoms with Gasteiger partial charge in [-0.2, -0.15) is 0 Å². The highest BCUT2D eigenvalue weighted by atomic mass is 127. The Balaban J connectivity index is 2.00. The summed E-state index contributed by atoms with van der Waals surface area (Å²) in [5.74, 6) is 5.43. The topological polar surface area (TPSA) is 29.5 Å². The molecule has 0 N–H and O–H groups in total. The van der Waals surface area contributed by atoms with Crippen molar-refractivity contribution in [3.05, 3.63) is 33.4 Å². The maximum Gasteiger partial charge on any atom is 0.298 e. The predicted molar refractivity (Wildman–Crippen MR) is 73.4 cm³/mol. The van der Waals surface area contributed by atoms with E-state index in [1.54, 1.807) is 4.90 Å². The first-order chi connectivity index (χ1) is 8.25. The largest absolute Gasteiger partial charge is 0.378 e. The van der Waals surface area contributed by atoms with Gasteiger partial charge in [-0.15, -0.1) is 0 Å². The quantitative estimate of drug-likeness (QED) is 0.529. The highest BCUT2D eigenvalue weighted by molar-refractivity contribution is 14.1. The molecule has 0 aromatic heterocycles. The Morgan fingerprint density at radius 1 is 1.24 bits per heavy atom. The molecule has 1 heterocycles. The first-order valence-corrected chi connectivity index (χ1v) is 6.48. The summed E-state index contributed by atoms with van der Waals surface area (Å²) in [5, 5.41) is 0. The molecule has 0 unspecified atom stereocenters. The Hall–Kier alpha value is -1.06. The van der Waals surface area contributed by atoms with Crippen LogP contribution in [-0.2, 0) is 9.53 Å². The molecule has 2 rings (SSSR count). The number of halogens is 1. The number of carbonyl (C=O) groups is 1. The Morgan fingerprint density at radius 3 is 2.53 bits per heavy atom. The summed E-state index contributed by atoms with van der Waals surface area (Å²) in [5.41, 5.74) is 0.868.